The van der Waals surface area contributed by atoms with Crippen LogP contribution in [-0.4, -0.2) is 26.0 Å². The maximum atomic E-state index is 11.0. The third kappa shape index (κ3) is 3.30. The number of aromatic carboxylic acids is 1. The summed E-state index contributed by atoms with van der Waals surface area (Å²) in [5, 5.41) is 9.78. The Hall–Kier alpha value is -1.47. The first kappa shape index (κ1) is 14.0. The molecular weight excluding hydrogens is 282 g/mol. The van der Waals surface area contributed by atoms with Gasteiger partial charge in [0, 0.05) is 5.69 Å². The number of aryl methyl sites for hydroxylation is 1. The summed E-state index contributed by atoms with van der Waals surface area (Å²) in [5.74, 6) is -0.609. The summed E-state index contributed by atoms with van der Waals surface area (Å²) >= 11 is 2.53. The van der Waals surface area contributed by atoms with Gasteiger partial charge < -0.3 is 5.11 Å². The quantitative estimate of drug-likeness (QED) is 0.873. The van der Waals surface area contributed by atoms with Crippen LogP contribution in [0, 0.1) is 6.92 Å². The Bertz CT molecular complexity index is 611. The second-order valence-electron chi connectivity index (χ2n) is 4.24. The van der Waals surface area contributed by atoms with E-state index in [1.807, 2.05) is 6.07 Å². The molecule has 0 aliphatic carbocycles. The molecule has 0 unspecified atom stereocenters. The van der Waals surface area contributed by atoms with Crippen molar-refractivity contribution in [3.8, 4) is 0 Å². The Labute approximate surface area is 119 Å². The van der Waals surface area contributed by atoms with Crippen molar-refractivity contribution >= 4 is 29.1 Å². The molecule has 7 heteroatoms. The van der Waals surface area contributed by atoms with Crippen molar-refractivity contribution in [1.29, 1.82) is 0 Å². The number of aromatic nitrogens is 3. The van der Waals surface area contributed by atoms with Crippen LogP contribution in [0.25, 0.3) is 0 Å². The number of hydrogen-bond acceptors (Lipinski definition) is 6. The second-order valence-corrected chi connectivity index (χ2v) is 6.50. The van der Waals surface area contributed by atoms with Crippen molar-refractivity contribution in [3.05, 3.63) is 28.7 Å². The zero-order valence-corrected chi connectivity index (χ0v) is 12.4. The van der Waals surface area contributed by atoms with Gasteiger partial charge in [-0.3, -0.25) is 0 Å². The zero-order valence-electron chi connectivity index (χ0n) is 10.7. The Morgan fingerprint density at radius 2 is 2.16 bits per heavy atom. The standard InChI is InChI=1S/C12H13N3O2S2/c1-6(2)8-4-9(14-5-13-8)18-12-15-7(3)10(19-12)11(16)17/h4-6H,1-3H3,(H,16,17). The minimum atomic E-state index is -0.938. The molecule has 0 amide bonds. The fourth-order valence-electron chi connectivity index (χ4n) is 1.43. The van der Waals surface area contributed by atoms with E-state index in [2.05, 4.69) is 28.8 Å². The molecule has 0 spiro atoms. The number of nitrogens with zero attached hydrogens (tertiary/aromatic N) is 3. The lowest BCUT2D eigenvalue weighted by molar-refractivity contribution is 0.0701. The Kier molecular flexibility index (Phi) is 4.16. The highest BCUT2D eigenvalue weighted by Gasteiger charge is 2.15. The van der Waals surface area contributed by atoms with Gasteiger partial charge in [-0.2, -0.15) is 0 Å². The average molecular weight is 295 g/mol. The van der Waals surface area contributed by atoms with Gasteiger partial charge in [-0.25, -0.2) is 19.7 Å². The van der Waals surface area contributed by atoms with E-state index in [4.69, 9.17) is 5.11 Å². The molecule has 0 fully saturated rings. The first-order valence-electron chi connectivity index (χ1n) is 5.68. The second kappa shape index (κ2) is 5.66. The minimum Gasteiger partial charge on any atom is -0.477 e. The Morgan fingerprint density at radius 1 is 1.42 bits per heavy atom. The molecule has 5 nitrogen and oxygen atoms in total. The number of carboxylic acid groups (broad SMARTS) is 1. The maximum absolute atomic E-state index is 11.0. The average Bonchev–Trinajstić information content (AvgIpc) is 2.70. The first-order chi connectivity index (χ1) is 8.97. The summed E-state index contributed by atoms with van der Waals surface area (Å²) in [5.41, 5.74) is 1.50. The number of thiazole rings is 1. The van der Waals surface area contributed by atoms with Crippen LogP contribution in [0.15, 0.2) is 21.8 Å². The molecular formula is C12H13N3O2S2. The van der Waals surface area contributed by atoms with E-state index in [9.17, 15) is 4.79 Å². The van der Waals surface area contributed by atoms with E-state index in [-0.39, 0.29) is 4.88 Å². The van der Waals surface area contributed by atoms with E-state index < -0.39 is 5.97 Å². The van der Waals surface area contributed by atoms with Crippen LogP contribution < -0.4 is 0 Å². The third-order valence-electron chi connectivity index (χ3n) is 2.42. The van der Waals surface area contributed by atoms with Crippen LogP contribution in [-0.2, 0) is 0 Å². The van der Waals surface area contributed by atoms with Crippen LogP contribution in [0.2, 0.25) is 0 Å². The Balaban J connectivity index is 2.24. The monoisotopic (exact) mass is 295 g/mol. The van der Waals surface area contributed by atoms with Gasteiger partial charge in [0.2, 0.25) is 0 Å². The van der Waals surface area contributed by atoms with Crippen LogP contribution in [0.1, 0.15) is 40.8 Å². The molecule has 0 saturated carbocycles. The van der Waals surface area contributed by atoms with Crippen molar-refractivity contribution in [2.24, 2.45) is 0 Å². The van der Waals surface area contributed by atoms with E-state index in [0.717, 1.165) is 10.7 Å². The Morgan fingerprint density at radius 3 is 2.74 bits per heavy atom. The predicted octanol–water partition coefficient (Wildman–Crippen LogP) is 3.21. The molecule has 0 aliphatic heterocycles. The lowest BCUT2D eigenvalue weighted by Crippen LogP contribution is -1.94. The number of rotatable bonds is 4. The summed E-state index contributed by atoms with van der Waals surface area (Å²) < 4.78 is 0.684. The van der Waals surface area contributed by atoms with E-state index >= 15 is 0 Å². The largest absolute Gasteiger partial charge is 0.477 e. The van der Waals surface area contributed by atoms with Gasteiger partial charge in [0.25, 0.3) is 0 Å². The zero-order chi connectivity index (χ0) is 14.0. The van der Waals surface area contributed by atoms with Crippen molar-refractivity contribution in [3.63, 3.8) is 0 Å². The van der Waals surface area contributed by atoms with Crippen molar-refractivity contribution in [1.82, 2.24) is 15.0 Å². The van der Waals surface area contributed by atoms with E-state index in [0.29, 0.717) is 16.0 Å². The molecule has 0 aliphatic rings. The first-order valence-corrected chi connectivity index (χ1v) is 7.31. The van der Waals surface area contributed by atoms with Crippen molar-refractivity contribution in [2.45, 2.75) is 36.1 Å². The van der Waals surface area contributed by atoms with Gasteiger partial charge in [0.05, 0.1) is 5.69 Å². The molecule has 2 aromatic rings. The molecule has 0 atom stereocenters. The summed E-state index contributed by atoms with van der Waals surface area (Å²) in [6.07, 6.45) is 1.52. The molecule has 2 rings (SSSR count). The van der Waals surface area contributed by atoms with Crippen molar-refractivity contribution in [2.75, 3.05) is 0 Å². The minimum absolute atomic E-state index is 0.278. The van der Waals surface area contributed by atoms with Crippen LogP contribution in [0.4, 0.5) is 0 Å². The molecule has 19 heavy (non-hydrogen) atoms. The van der Waals surface area contributed by atoms with Gasteiger partial charge in [0.15, 0.2) is 4.34 Å². The van der Waals surface area contributed by atoms with Gasteiger partial charge in [-0.15, -0.1) is 0 Å². The molecule has 0 bridgehead atoms. The molecule has 0 radical (unpaired) electrons. The highest BCUT2D eigenvalue weighted by atomic mass is 32.2. The van der Waals surface area contributed by atoms with Crippen LogP contribution in [0.5, 0.6) is 0 Å². The molecule has 2 heterocycles. The van der Waals surface area contributed by atoms with Crippen LogP contribution >= 0.6 is 23.1 Å². The fourth-order valence-corrected chi connectivity index (χ4v) is 3.38. The lowest BCUT2D eigenvalue weighted by atomic mass is 10.1. The highest BCUT2D eigenvalue weighted by Crippen LogP contribution is 2.32. The topological polar surface area (TPSA) is 76.0 Å². The molecule has 2 aromatic heterocycles. The smallest absolute Gasteiger partial charge is 0.347 e. The highest BCUT2D eigenvalue weighted by molar-refractivity contribution is 8.01. The van der Waals surface area contributed by atoms with Gasteiger partial charge >= 0.3 is 5.97 Å². The number of hydrogen-bond donors (Lipinski definition) is 1. The SMILES string of the molecule is Cc1nc(Sc2cc(C(C)C)ncn2)sc1C(=O)O. The predicted molar refractivity (Wildman–Crippen MR) is 74.1 cm³/mol. The van der Waals surface area contributed by atoms with Crippen molar-refractivity contribution < 1.29 is 9.90 Å². The summed E-state index contributed by atoms with van der Waals surface area (Å²) in [7, 11) is 0. The van der Waals surface area contributed by atoms with Gasteiger partial charge in [-0.05, 0) is 30.7 Å². The molecule has 0 saturated heterocycles. The van der Waals surface area contributed by atoms with Gasteiger partial charge in [0.1, 0.15) is 16.2 Å². The third-order valence-corrected chi connectivity index (χ3v) is 4.56. The van der Waals surface area contributed by atoms with Gasteiger partial charge in [-0.1, -0.05) is 25.2 Å². The summed E-state index contributed by atoms with van der Waals surface area (Å²) in [4.78, 5) is 23.9. The summed E-state index contributed by atoms with van der Waals surface area (Å²) in [6, 6.07) is 1.91. The number of carbonyl (C=O) groups is 1. The molecule has 0 aromatic carbocycles. The lowest BCUT2D eigenvalue weighted by Gasteiger charge is -2.04. The molecule has 1 N–H and O–H groups in total. The van der Waals surface area contributed by atoms with Crippen LogP contribution in [0.3, 0.4) is 0 Å². The number of carboxylic acids is 1. The normalized spacial score (nSPS) is 10.9. The fraction of sp³-hybridized carbons (Fsp3) is 0.333. The van der Waals surface area contributed by atoms with E-state index in [1.54, 1.807) is 6.92 Å². The molecule has 100 valence electrons. The maximum Gasteiger partial charge on any atom is 0.347 e. The summed E-state index contributed by atoms with van der Waals surface area (Å²) in [6.45, 7) is 5.82. The van der Waals surface area contributed by atoms with E-state index in [1.165, 1.54) is 29.4 Å².